The van der Waals surface area contributed by atoms with E-state index in [2.05, 4.69) is 0 Å². The monoisotopic (exact) mass is 363 g/mol. The first kappa shape index (κ1) is 16.9. The van der Waals surface area contributed by atoms with E-state index in [0.29, 0.717) is 11.0 Å². The van der Waals surface area contributed by atoms with Crippen molar-refractivity contribution in [2.75, 3.05) is 0 Å². The number of carbonyl (C=O) groups excluding carboxylic acids is 1. The molecule has 0 aliphatic rings. The minimum absolute atomic E-state index is 0.203. The van der Waals surface area contributed by atoms with Gasteiger partial charge in [0.1, 0.15) is 5.82 Å². The van der Waals surface area contributed by atoms with Gasteiger partial charge in [0.2, 0.25) is 0 Å². The Morgan fingerprint density at radius 2 is 1.68 bits per heavy atom. The van der Waals surface area contributed by atoms with E-state index in [9.17, 15) is 22.4 Å². The molecule has 0 saturated carbocycles. The molecule has 0 saturated heterocycles. The Bertz CT molecular complexity index is 1160. The Labute approximate surface area is 142 Å². The molecule has 0 spiro atoms. The van der Waals surface area contributed by atoms with E-state index in [0.717, 1.165) is 6.07 Å². The largest absolute Gasteiger partial charge is 0.328 e. The van der Waals surface area contributed by atoms with Crippen molar-refractivity contribution in [3.63, 3.8) is 0 Å². The van der Waals surface area contributed by atoms with Crippen molar-refractivity contribution in [3.05, 3.63) is 64.3 Å². The Balaban J connectivity index is 2.02. The maximum absolute atomic E-state index is 13.6. The second-order valence-electron chi connectivity index (χ2n) is 5.47. The van der Waals surface area contributed by atoms with Crippen molar-refractivity contribution in [3.8, 4) is 0 Å². The molecule has 7 nitrogen and oxygen atoms in total. The highest BCUT2D eigenvalue weighted by atomic mass is 32.2. The van der Waals surface area contributed by atoms with Crippen molar-refractivity contribution in [2.24, 2.45) is 14.1 Å². The number of halogens is 1. The molecule has 1 N–H and O–H groups in total. The molecule has 1 heterocycles. The highest BCUT2D eigenvalue weighted by Gasteiger charge is 2.22. The summed E-state index contributed by atoms with van der Waals surface area (Å²) in [7, 11) is -1.15. The Morgan fingerprint density at radius 1 is 1.04 bits per heavy atom. The van der Waals surface area contributed by atoms with Crippen LogP contribution in [0.15, 0.2) is 52.2 Å². The van der Waals surface area contributed by atoms with Crippen molar-refractivity contribution in [1.29, 1.82) is 0 Å². The van der Waals surface area contributed by atoms with Gasteiger partial charge >= 0.3 is 5.69 Å². The lowest BCUT2D eigenvalue weighted by molar-refractivity contribution is 0.0977. The van der Waals surface area contributed by atoms with Crippen LogP contribution in [0.1, 0.15) is 10.4 Å². The normalized spacial score (nSPS) is 11.6. The Hall–Kier alpha value is -2.94. The van der Waals surface area contributed by atoms with E-state index in [1.165, 1.54) is 52.6 Å². The lowest BCUT2D eigenvalue weighted by Crippen LogP contribution is -2.31. The summed E-state index contributed by atoms with van der Waals surface area (Å²) in [5.74, 6) is -1.89. The predicted octanol–water partition coefficient (Wildman–Crippen LogP) is 1.13. The molecule has 3 rings (SSSR count). The summed E-state index contributed by atoms with van der Waals surface area (Å²) in [6.07, 6.45) is 0. The number of imidazole rings is 1. The standard InChI is InChI=1S/C16H14FN3O4S/c1-19-13-8-7-10(9-14(13)20(2)16(19)22)25(23,24)18-15(21)11-5-3-4-6-12(11)17/h3-9H,1-2H3,(H,18,21). The minimum Gasteiger partial charge on any atom is -0.295 e. The van der Waals surface area contributed by atoms with Crippen LogP contribution in [0.25, 0.3) is 11.0 Å². The molecular formula is C16H14FN3O4S. The average Bonchev–Trinajstić information content (AvgIpc) is 2.79. The number of amides is 1. The molecule has 0 unspecified atom stereocenters. The maximum Gasteiger partial charge on any atom is 0.328 e. The minimum atomic E-state index is -4.23. The van der Waals surface area contributed by atoms with Gasteiger partial charge in [-0.2, -0.15) is 0 Å². The molecule has 0 radical (unpaired) electrons. The van der Waals surface area contributed by atoms with Crippen LogP contribution >= 0.6 is 0 Å². The lowest BCUT2D eigenvalue weighted by Gasteiger charge is -2.08. The average molecular weight is 363 g/mol. The van der Waals surface area contributed by atoms with Crippen LogP contribution in [-0.4, -0.2) is 23.5 Å². The Kier molecular flexibility index (Phi) is 3.96. The lowest BCUT2D eigenvalue weighted by atomic mass is 10.2. The zero-order valence-corrected chi connectivity index (χ0v) is 14.2. The van der Waals surface area contributed by atoms with Crippen LogP contribution in [0.2, 0.25) is 0 Å². The van der Waals surface area contributed by atoms with Gasteiger partial charge in [0.15, 0.2) is 0 Å². The number of fused-ring (bicyclic) bond motifs is 1. The number of hydrogen-bond donors (Lipinski definition) is 1. The second kappa shape index (κ2) is 5.85. The summed E-state index contributed by atoms with van der Waals surface area (Å²) in [5.41, 5.74) is 0.264. The fraction of sp³-hybridized carbons (Fsp3) is 0.125. The van der Waals surface area contributed by atoms with Crippen molar-refractivity contribution < 1.29 is 17.6 Å². The smallest absolute Gasteiger partial charge is 0.295 e. The fourth-order valence-corrected chi connectivity index (χ4v) is 3.52. The summed E-state index contributed by atoms with van der Waals surface area (Å²) in [6, 6.07) is 9.10. The van der Waals surface area contributed by atoms with Gasteiger partial charge < -0.3 is 0 Å². The summed E-state index contributed by atoms with van der Waals surface area (Å²) in [4.78, 5) is 23.8. The molecule has 1 amide bonds. The molecule has 25 heavy (non-hydrogen) atoms. The number of sulfonamides is 1. The Morgan fingerprint density at radius 3 is 2.36 bits per heavy atom. The third kappa shape index (κ3) is 2.82. The molecule has 0 aliphatic carbocycles. The summed E-state index contributed by atoms with van der Waals surface area (Å²) >= 11 is 0. The maximum atomic E-state index is 13.6. The molecule has 0 aliphatic heterocycles. The van der Waals surface area contributed by atoms with Gasteiger partial charge in [0.05, 0.1) is 21.5 Å². The molecule has 130 valence electrons. The van der Waals surface area contributed by atoms with Crippen LogP contribution in [0, 0.1) is 5.82 Å². The molecule has 2 aromatic carbocycles. The van der Waals surface area contributed by atoms with Gasteiger partial charge in [0.25, 0.3) is 15.9 Å². The van der Waals surface area contributed by atoms with Crippen LogP contribution in [0.5, 0.6) is 0 Å². The van der Waals surface area contributed by atoms with Crippen LogP contribution in [0.3, 0.4) is 0 Å². The van der Waals surface area contributed by atoms with E-state index >= 15 is 0 Å². The fourth-order valence-electron chi connectivity index (χ4n) is 2.54. The van der Waals surface area contributed by atoms with Gasteiger partial charge in [-0.25, -0.2) is 22.3 Å². The molecule has 3 aromatic rings. The topological polar surface area (TPSA) is 90.2 Å². The second-order valence-corrected chi connectivity index (χ2v) is 7.15. The number of carbonyl (C=O) groups is 1. The molecule has 0 atom stereocenters. The van der Waals surface area contributed by atoms with Crippen LogP contribution in [0.4, 0.5) is 4.39 Å². The van der Waals surface area contributed by atoms with Gasteiger partial charge in [0, 0.05) is 14.1 Å². The van der Waals surface area contributed by atoms with E-state index in [-0.39, 0.29) is 16.1 Å². The first-order valence-electron chi connectivity index (χ1n) is 7.19. The highest BCUT2D eigenvalue weighted by molar-refractivity contribution is 7.90. The van der Waals surface area contributed by atoms with Gasteiger partial charge in [-0.05, 0) is 30.3 Å². The molecule has 0 bridgehead atoms. The van der Waals surface area contributed by atoms with Crippen molar-refractivity contribution >= 4 is 27.0 Å². The van der Waals surface area contributed by atoms with Crippen LogP contribution < -0.4 is 10.4 Å². The third-order valence-corrected chi connectivity index (χ3v) is 5.23. The van der Waals surface area contributed by atoms with Crippen molar-refractivity contribution in [1.82, 2.24) is 13.9 Å². The van der Waals surface area contributed by atoms with Crippen molar-refractivity contribution in [2.45, 2.75) is 4.90 Å². The highest BCUT2D eigenvalue weighted by Crippen LogP contribution is 2.18. The van der Waals surface area contributed by atoms with Gasteiger partial charge in [-0.1, -0.05) is 12.1 Å². The van der Waals surface area contributed by atoms with E-state index in [1.54, 1.807) is 7.05 Å². The van der Waals surface area contributed by atoms with Gasteiger partial charge in [-0.3, -0.25) is 13.9 Å². The zero-order valence-electron chi connectivity index (χ0n) is 13.4. The SMILES string of the molecule is Cn1c(=O)n(C)c2cc(S(=O)(=O)NC(=O)c3ccccc3F)ccc21. The van der Waals surface area contributed by atoms with E-state index in [4.69, 9.17) is 0 Å². The van der Waals surface area contributed by atoms with Crippen LogP contribution in [-0.2, 0) is 24.1 Å². The first-order chi connectivity index (χ1) is 11.7. The molecule has 0 fully saturated rings. The number of rotatable bonds is 3. The zero-order chi connectivity index (χ0) is 18.4. The third-order valence-electron chi connectivity index (χ3n) is 3.90. The number of nitrogens with one attached hydrogen (secondary N) is 1. The first-order valence-corrected chi connectivity index (χ1v) is 8.68. The number of benzene rings is 2. The quantitative estimate of drug-likeness (QED) is 0.755. The van der Waals surface area contributed by atoms with Gasteiger partial charge in [-0.15, -0.1) is 0 Å². The number of aryl methyl sites for hydroxylation is 2. The number of hydrogen-bond acceptors (Lipinski definition) is 4. The summed E-state index contributed by atoms with van der Waals surface area (Å²) in [5, 5.41) is 0. The van der Waals surface area contributed by atoms with E-state index < -0.39 is 21.7 Å². The molecule has 1 aromatic heterocycles. The van der Waals surface area contributed by atoms with E-state index in [1.807, 2.05) is 4.72 Å². The summed E-state index contributed by atoms with van der Waals surface area (Å²) in [6.45, 7) is 0. The number of aromatic nitrogens is 2. The summed E-state index contributed by atoms with van der Waals surface area (Å²) < 4.78 is 43.0. The number of nitrogens with zero attached hydrogens (tertiary/aromatic N) is 2. The predicted molar refractivity (Wildman–Crippen MR) is 89.2 cm³/mol. The molecular weight excluding hydrogens is 349 g/mol. The molecule has 9 heteroatoms.